The van der Waals surface area contributed by atoms with E-state index in [1.807, 2.05) is 0 Å². The average Bonchev–Trinajstić information content (AvgIpc) is 2.15. The van der Waals surface area contributed by atoms with Crippen LogP contribution in [-0.2, 0) is 10.5 Å². The summed E-state index contributed by atoms with van der Waals surface area (Å²) in [4.78, 5) is 10.2. The summed E-state index contributed by atoms with van der Waals surface area (Å²) in [6.07, 6.45) is 2.87. The van der Waals surface area contributed by atoms with Crippen molar-refractivity contribution < 1.29 is 9.90 Å². The number of carbonyl (C=O) groups is 1. The molecule has 0 aliphatic carbocycles. The Bertz CT molecular complexity index is 377. The number of aliphatic carboxylic acids is 1. The third-order valence-electron chi connectivity index (χ3n) is 2.02. The second-order valence-corrected chi connectivity index (χ2v) is 4.78. The Morgan fingerprint density at radius 1 is 1.31 bits per heavy atom. The van der Waals surface area contributed by atoms with Gasteiger partial charge in [-0.25, -0.2) is 4.79 Å². The fourth-order valence-electron chi connectivity index (χ4n) is 1.55. The van der Waals surface area contributed by atoms with E-state index in [2.05, 4.69) is 32.0 Å². The van der Waals surface area contributed by atoms with E-state index in [9.17, 15) is 4.79 Å². The van der Waals surface area contributed by atoms with Gasteiger partial charge in [0.05, 0.1) is 0 Å². The Morgan fingerprint density at radius 3 is 2.50 bits per heavy atom. The molecule has 1 rings (SSSR count). The first-order valence-electron chi connectivity index (χ1n) is 5.12. The Labute approximate surface area is 100 Å². The van der Waals surface area contributed by atoms with E-state index in [0.29, 0.717) is 0 Å². The van der Waals surface area contributed by atoms with Crippen LogP contribution in [0.5, 0.6) is 0 Å². The van der Waals surface area contributed by atoms with Crippen LogP contribution in [0.2, 0.25) is 0 Å². The molecule has 0 saturated carbocycles. The Hall–Kier alpha value is -1.22. The zero-order chi connectivity index (χ0) is 12.0. The zero-order valence-corrected chi connectivity index (χ0v) is 10.4. The van der Waals surface area contributed by atoms with Gasteiger partial charge < -0.3 is 5.11 Å². The molecule has 2 nitrogen and oxygen atoms in total. The van der Waals surface area contributed by atoms with E-state index >= 15 is 0 Å². The highest BCUT2D eigenvalue weighted by Gasteiger charge is 1.96. The highest BCUT2D eigenvalue weighted by Crippen LogP contribution is 2.15. The lowest BCUT2D eigenvalue weighted by molar-refractivity contribution is -0.131. The van der Waals surface area contributed by atoms with Gasteiger partial charge in [0, 0.05) is 17.6 Å². The number of hydrogen-bond donors (Lipinski definition) is 1. The Balaban J connectivity index is 2.40. The smallest absolute Gasteiger partial charge is 0.328 e. The van der Waals surface area contributed by atoms with Crippen molar-refractivity contribution in [2.75, 3.05) is 5.75 Å². The van der Waals surface area contributed by atoms with E-state index < -0.39 is 5.97 Å². The molecule has 0 atom stereocenters. The van der Waals surface area contributed by atoms with Crippen LogP contribution in [-0.4, -0.2) is 16.8 Å². The number of carboxylic acid groups (broad SMARTS) is 1. The van der Waals surface area contributed by atoms with Crippen molar-refractivity contribution >= 4 is 17.7 Å². The Kier molecular flexibility index (Phi) is 5.12. The van der Waals surface area contributed by atoms with Gasteiger partial charge in [-0.05, 0) is 19.4 Å². The van der Waals surface area contributed by atoms with E-state index in [1.54, 1.807) is 17.8 Å². The molecule has 0 heterocycles. The molecule has 86 valence electrons. The molecule has 1 N–H and O–H groups in total. The molecular weight excluding hydrogens is 220 g/mol. The fourth-order valence-corrected chi connectivity index (χ4v) is 2.30. The SMILES string of the molecule is Cc1cc(C)cc(CSCC=CC(=O)O)c1. The molecule has 0 fully saturated rings. The molecule has 1 aromatic rings. The van der Waals surface area contributed by atoms with Gasteiger partial charge in [-0.2, -0.15) is 11.8 Å². The summed E-state index contributed by atoms with van der Waals surface area (Å²) >= 11 is 1.72. The molecule has 0 radical (unpaired) electrons. The maximum absolute atomic E-state index is 10.2. The topological polar surface area (TPSA) is 37.3 Å². The zero-order valence-electron chi connectivity index (χ0n) is 9.56. The van der Waals surface area contributed by atoms with Crippen molar-refractivity contribution in [3.05, 3.63) is 47.0 Å². The van der Waals surface area contributed by atoms with Gasteiger partial charge in [-0.15, -0.1) is 0 Å². The fraction of sp³-hybridized carbons (Fsp3) is 0.308. The molecule has 16 heavy (non-hydrogen) atoms. The lowest BCUT2D eigenvalue weighted by Gasteiger charge is -2.03. The van der Waals surface area contributed by atoms with Gasteiger partial charge in [0.1, 0.15) is 0 Å². The molecule has 0 aliphatic rings. The molecular formula is C13H16O2S. The van der Waals surface area contributed by atoms with Crippen molar-refractivity contribution in [1.82, 2.24) is 0 Å². The largest absolute Gasteiger partial charge is 0.478 e. The number of aryl methyl sites for hydroxylation is 2. The van der Waals surface area contributed by atoms with Gasteiger partial charge in [0.15, 0.2) is 0 Å². The molecule has 0 bridgehead atoms. The van der Waals surface area contributed by atoms with Crippen LogP contribution in [0.15, 0.2) is 30.4 Å². The highest BCUT2D eigenvalue weighted by molar-refractivity contribution is 7.98. The van der Waals surface area contributed by atoms with Gasteiger partial charge >= 0.3 is 5.97 Å². The first-order valence-corrected chi connectivity index (χ1v) is 6.28. The molecule has 0 amide bonds. The van der Waals surface area contributed by atoms with Crippen LogP contribution in [0.25, 0.3) is 0 Å². The van der Waals surface area contributed by atoms with Gasteiger partial charge in [-0.3, -0.25) is 0 Å². The summed E-state index contributed by atoms with van der Waals surface area (Å²) in [7, 11) is 0. The maximum Gasteiger partial charge on any atom is 0.328 e. The van der Waals surface area contributed by atoms with Crippen molar-refractivity contribution in [3.63, 3.8) is 0 Å². The third-order valence-corrected chi connectivity index (χ3v) is 2.99. The van der Waals surface area contributed by atoms with Crippen LogP contribution in [0.3, 0.4) is 0 Å². The average molecular weight is 236 g/mol. The number of benzene rings is 1. The minimum absolute atomic E-state index is 0.735. The molecule has 0 spiro atoms. The van der Waals surface area contributed by atoms with E-state index in [0.717, 1.165) is 11.5 Å². The maximum atomic E-state index is 10.2. The lowest BCUT2D eigenvalue weighted by atomic mass is 10.1. The number of thioether (sulfide) groups is 1. The quantitative estimate of drug-likeness (QED) is 0.630. The van der Waals surface area contributed by atoms with E-state index in [1.165, 1.54) is 22.8 Å². The molecule has 1 aromatic carbocycles. The van der Waals surface area contributed by atoms with Gasteiger partial charge in [0.25, 0.3) is 0 Å². The van der Waals surface area contributed by atoms with Gasteiger partial charge in [-0.1, -0.05) is 35.4 Å². The molecule has 0 aromatic heterocycles. The minimum Gasteiger partial charge on any atom is -0.478 e. The van der Waals surface area contributed by atoms with Crippen LogP contribution in [0.4, 0.5) is 0 Å². The van der Waals surface area contributed by atoms with Gasteiger partial charge in [0.2, 0.25) is 0 Å². The summed E-state index contributed by atoms with van der Waals surface area (Å²) in [5, 5.41) is 8.41. The predicted octanol–water partition coefficient (Wildman–Crippen LogP) is 3.18. The van der Waals surface area contributed by atoms with Crippen molar-refractivity contribution in [3.8, 4) is 0 Å². The third kappa shape index (κ3) is 5.03. The predicted molar refractivity (Wildman–Crippen MR) is 68.9 cm³/mol. The number of rotatable bonds is 5. The van der Waals surface area contributed by atoms with Crippen LogP contribution in [0.1, 0.15) is 16.7 Å². The first kappa shape index (κ1) is 12.8. The first-order chi connectivity index (χ1) is 7.58. The summed E-state index contributed by atoms with van der Waals surface area (Å²) in [6.45, 7) is 4.18. The van der Waals surface area contributed by atoms with E-state index in [-0.39, 0.29) is 0 Å². The molecule has 0 aliphatic heterocycles. The lowest BCUT2D eigenvalue weighted by Crippen LogP contribution is -1.88. The number of hydrogen-bond acceptors (Lipinski definition) is 2. The summed E-state index contributed by atoms with van der Waals surface area (Å²) in [5.41, 5.74) is 3.85. The monoisotopic (exact) mass is 236 g/mol. The normalized spacial score (nSPS) is 10.9. The second-order valence-electron chi connectivity index (χ2n) is 3.75. The highest BCUT2D eigenvalue weighted by atomic mass is 32.2. The van der Waals surface area contributed by atoms with Crippen LogP contribution >= 0.6 is 11.8 Å². The second kappa shape index (κ2) is 6.38. The summed E-state index contributed by atoms with van der Waals surface area (Å²) in [6, 6.07) is 6.49. The molecule has 0 saturated heterocycles. The minimum atomic E-state index is -0.882. The number of carboxylic acids is 1. The van der Waals surface area contributed by atoms with Crippen molar-refractivity contribution in [1.29, 1.82) is 0 Å². The van der Waals surface area contributed by atoms with Crippen LogP contribution < -0.4 is 0 Å². The standard InChI is InChI=1S/C13H16O2S/c1-10-6-11(2)8-12(7-10)9-16-5-3-4-13(14)15/h3-4,6-8H,5,9H2,1-2H3,(H,14,15). The molecule has 3 heteroatoms. The van der Waals surface area contributed by atoms with Crippen molar-refractivity contribution in [2.45, 2.75) is 19.6 Å². The molecule has 0 unspecified atom stereocenters. The van der Waals surface area contributed by atoms with Crippen LogP contribution in [0, 0.1) is 13.8 Å². The van der Waals surface area contributed by atoms with Crippen molar-refractivity contribution in [2.24, 2.45) is 0 Å². The summed E-state index contributed by atoms with van der Waals surface area (Å²) < 4.78 is 0. The Morgan fingerprint density at radius 2 is 1.94 bits per heavy atom. The summed E-state index contributed by atoms with van der Waals surface area (Å²) in [5.74, 6) is 0.776. The van der Waals surface area contributed by atoms with E-state index in [4.69, 9.17) is 5.11 Å².